The van der Waals surface area contributed by atoms with E-state index in [1.165, 1.54) is 24.3 Å². The van der Waals surface area contributed by atoms with E-state index < -0.39 is 0 Å². The van der Waals surface area contributed by atoms with Crippen molar-refractivity contribution >= 4 is 11.6 Å². The van der Waals surface area contributed by atoms with Crippen molar-refractivity contribution < 1.29 is 18.4 Å². The number of piperazine rings is 1. The Morgan fingerprint density at radius 3 is 2.40 bits per heavy atom. The second kappa shape index (κ2) is 8.94. The number of anilines is 1. The molecule has 0 aliphatic carbocycles. The molecule has 1 aliphatic rings. The lowest BCUT2D eigenvalue weighted by molar-refractivity contribution is -0.133. The van der Waals surface area contributed by atoms with Gasteiger partial charge in [0.15, 0.2) is 6.61 Å². The second-order valence-corrected chi connectivity index (χ2v) is 7.02. The Bertz CT molecular complexity index is 980. The van der Waals surface area contributed by atoms with Crippen LogP contribution in [0.3, 0.4) is 0 Å². The summed E-state index contributed by atoms with van der Waals surface area (Å²) in [6, 6.07) is 13.7. The predicted molar refractivity (Wildman–Crippen MR) is 110 cm³/mol. The van der Waals surface area contributed by atoms with Gasteiger partial charge in [0.2, 0.25) is 11.7 Å². The van der Waals surface area contributed by atoms with Gasteiger partial charge in [-0.2, -0.15) is 4.98 Å². The third-order valence-electron chi connectivity index (χ3n) is 5.07. The predicted octanol–water partition coefficient (Wildman–Crippen LogP) is 3.17. The zero-order valence-corrected chi connectivity index (χ0v) is 16.8. The number of halogens is 1. The van der Waals surface area contributed by atoms with Crippen LogP contribution in [-0.4, -0.2) is 53.7 Å². The molecule has 3 aromatic rings. The van der Waals surface area contributed by atoms with Crippen LogP contribution in [0.15, 0.2) is 53.1 Å². The highest BCUT2D eigenvalue weighted by Crippen LogP contribution is 2.22. The second-order valence-electron chi connectivity index (χ2n) is 7.02. The van der Waals surface area contributed by atoms with Gasteiger partial charge in [-0.25, -0.2) is 4.39 Å². The monoisotopic (exact) mass is 410 g/mol. The van der Waals surface area contributed by atoms with Crippen LogP contribution in [0.2, 0.25) is 0 Å². The average molecular weight is 410 g/mol. The van der Waals surface area contributed by atoms with Crippen LogP contribution >= 0.6 is 0 Å². The molecule has 4 rings (SSSR count). The fraction of sp³-hybridized carbons (Fsp3) is 0.318. The van der Waals surface area contributed by atoms with E-state index in [2.05, 4.69) is 15.0 Å². The van der Waals surface area contributed by atoms with Gasteiger partial charge in [0.05, 0.1) is 0 Å². The minimum Gasteiger partial charge on any atom is -0.484 e. The zero-order valence-electron chi connectivity index (χ0n) is 16.8. The van der Waals surface area contributed by atoms with Crippen molar-refractivity contribution in [3.8, 4) is 17.1 Å². The van der Waals surface area contributed by atoms with Crippen molar-refractivity contribution in [2.75, 3.05) is 37.7 Å². The Labute approximate surface area is 174 Å². The standard InChI is InChI=1S/C22H23FN4O3/c1-2-20-24-22(25-30-20)16-3-7-18(8-4-16)26-11-13-27(14-12-26)21(28)15-29-19-9-5-17(23)6-10-19/h3-10H,2,11-15H2,1H3. The molecule has 2 heterocycles. The lowest BCUT2D eigenvalue weighted by Crippen LogP contribution is -2.50. The smallest absolute Gasteiger partial charge is 0.260 e. The van der Waals surface area contributed by atoms with E-state index in [0.717, 1.165) is 24.3 Å². The van der Waals surface area contributed by atoms with Crippen LogP contribution in [0.25, 0.3) is 11.4 Å². The van der Waals surface area contributed by atoms with E-state index in [-0.39, 0.29) is 18.3 Å². The molecule has 0 atom stereocenters. The van der Waals surface area contributed by atoms with Gasteiger partial charge in [-0.3, -0.25) is 4.79 Å². The normalized spacial score (nSPS) is 14.1. The lowest BCUT2D eigenvalue weighted by Gasteiger charge is -2.36. The summed E-state index contributed by atoms with van der Waals surface area (Å²) in [5, 5.41) is 4.00. The van der Waals surface area contributed by atoms with E-state index in [0.29, 0.717) is 37.0 Å². The molecule has 30 heavy (non-hydrogen) atoms. The molecule has 156 valence electrons. The number of hydrogen-bond donors (Lipinski definition) is 0. The first-order valence-corrected chi connectivity index (χ1v) is 9.96. The molecule has 0 spiro atoms. The number of benzene rings is 2. The first-order chi connectivity index (χ1) is 14.6. The first kappa shape index (κ1) is 19.9. The van der Waals surface area contributed by atoms with Gasteiger partial charge in [-0.05, 0) is 48.5 Å². The average Bonchev–Trinajstić information content (AvgIpc) is 3.28. The third-order valence-corrected chi connectivity index (χ3v) is 5.07. The Hall–Kier alpha value is -3.42. The number of aromatic nitrogens is 2. The SMILES string of the molecule is CCc1nc(-c2ccc(N3CCN(C(=O)COc4ccc(F)cc4)CC3)cc2)no1. The third kappa shape index (κ3) is 4.59. The van der Waals surface area contributed by atoms with Crippen molar-refractivity contribution in [2.24, 2.45) is 0 Å². The van der Waals surface area contributed by atoms with Crippen LogP contribution in [0.4, 0.5) is 10.1 Å². The van der Waals surface area contributed by atoms with Gasteiger partial charge >= 0.3 is 0 Å². The molecule has 7 nitrogen and oxygen atoms in total. The van der Waals surface area contributed by atoms with Crippen LogP contribution < -0.4 is 9.64 Å². The molecular formula is C22H23FN4O3. The summed E-state index contributed by atoms with van der Waals surface area (Å²) >= 11 is 0. The van der Waals surface area contributed by atoms with Crippen molar-refractivity contribution in [2.45, 2.75) is 13.3 Å². The number of ether oxygens (including phenoxy) is 1. The molecule has 2 aromatic carbocycles. The number of hydrogen-bond acceptors (Lipinski definition) is 6. The maximum Gasteiger partial charge on any atom is 0.260 e. The van der Waals surface area contributed by atoms with Crippen molar-refractivity contribution in [3.05, 3.63) is 60.2 Å². The van der Waals surface area contributed by atoms with E-state index in [9.17, 15) is 9.18 Å². The van der Waals surface area contributed by atoms with Crippen LogP contribution in [0, 0.1) is 5.82 Å². The Kier molecular flexibility index (Phi) is 5.92. The maximum absolute atomic E-state index is 12.9. The number of carbonyl (C=O) groups is 1. The Morgan fingerprint density at radius 2 is 1.77 bits per heavy atom. The fourth-order valence-electron chi connectivity index (χ4n) is 3.32. The molecular weight excluding hydrogens is 387 g/mol. The number of nitrogens with zero attached hydrogens (tertiary/aromatic N) is 4. The highest BCUT2D eigenvalue weighted by Gasteiger charge is 2.22. The summed E-state index contributed by atoms with van der Waals surface area (Å²) in [6.45, 7) is 4.65. The largest absolute Gasteiger partial charge is 0.484 e. The summed E-state index contributed by atoms with van der Waals surface area (Å²) in [5.74, 6) is 1.29. The topological polar surface area (TPSA) is 71.7 Å². The first-order valence-electron chi connectivity index (χ1n) is 9.96. The zero-order chi connectivity index (χ0) is 20.9. The minimum atomic E-state index is -0.333. The van der Waals surface area contributed by atoms with Gasteiger partial charge in [0, 0.05) is 43.9 Å². The molecule has 1 aliphatic heterocycles. The molecule has 0 saturated carbocycles. The maximum atomic E-state index is 12.9. The molecule has 0 unspecified atom stereocenters. The van der Waals surface area contributed by atoms with E-state index in [1.54, 1.807) is 4.90 Å². The Balaban J connectivity index is 1.28. The van der Waals surface area contributed by atoms with Crippen molar-refractivity contribution in [3.63, 3.8) is 0 Å². The van der Waals surface area contributed by atoms with Crippen molar-refractivity contribution in [1.82, 2.24) is 15.0 Å². The van der Waals surface area contributed by atoms with Crippen molar-refractivity contribution in [1.29, 1.82) is 0 Å². The number of rotatable bonds is 6. The Morgan fingerprint density at radius 1 is 1.07 bits per heavy atom. The van der Waals surface area contributed by atoms with Gasteiger partial charge < -0.3 is 19.1 Å². The van der Waals surface area contributed by atoms with Crippen LogP contribution in [0.5, 0.6) is 5.75 Å². The fourth-order valence-corrected chi connectivity index (χ4v) is 3.32. The van der Waals surface area contributed by atoms with Crippen LogP contribution in [0.1, 0.15) is 12.8 Å². The molecule has 1 saturated heterocycles. The lowest BCUT2D eigenvalue weighted by atomic mass is 10.1. The quantitative estimate of drug-likeness (QED) is 0.622. The molecule has 1 aromatic heterocycles. The van der Waals surface area contributed by atoms with Gasteiger partial charge in [0.1, 0.15) is 11.6 Å². The molecule has 1 fully saturated rings. The number of amides is 1. The summed E-state index contributed by atoms with van der Waals surface area (Å²) in [5.41, 5.74) is 2.00. The van der Waals surface area contributed by atoms with Gasteiger partial charge in [0.25, 0.3) is 5.91 Å². The molecule has 1 amide bonds. The van der Waals surface area contributed by atoms with Gasteiger partial charge in [-0.15, -0.1) is 0 Å². The molecule has 0 radical (unpaired) electrons. The van der Waals surface area contributed by atoms with Gasteiger partial charge in [-0.1, -0.05) is 12.1 Å². The summed E-state index contributed by atoms with van der Waals surface area (Å²) in [7, 11) is 0. The molecule has 8 heteroatoms. The highest BCUT2D eigenvalue weighted by molar-refractivity contribution is 5.78. The highest BCUT2D eigenvalue weighted by atomic mass is 19.1. The minimum absolute atomic E-state index is 0.0508. The molecule has 0 N–H and O–H groups in total. The summed E-state index contributed by atoms with van der Waals surface area (Å²) in [6.07, 6.45) is 0.711. The van der Waals surface area contributed by atoms with Crippen LogP contribution in [-0.2, 0) is 11.2 Å². The summed E-state index contributed by atoms with van der Waals surface area (Å²) < 4.78 is 23.6. The number of aryl methyl sites for hydroxylation is 1. The van der Waals surface area contributed by atoms with E-state index in [1.807, 2.05) is 31.2 Å². The number of carbonyl (C=O) groups excluding carboxylic acids is 1. The van der Waals surface area contributed by atoms with E-state index >= 15 is 0 Å². The summed E-state index contributed by atoms with van der Waals surface area (Å²) in [4.78, 5) is 20.8. The van der Waals surface area contributed by atoms with E-state index in [4.69, 9.17) is 9.26 Å². The molecule has 0 bridgehead atoms.